The summed E-state index contributed by atoms with van der Waals surface area (Å²) in [6, 6.07) is 6.33. The molecule has 5 nitrogen and oxygen atoms in total. The minimum atomic E-state index is 0.487. The molecule has 1 atom stereocenters. The minimum absolute atomic E-state index is 0.487. The molecule has 1 saturated heterocycles. The summed E-state index contributed by atoms with van der Waals surface area (Å²) in [5.74, 6) is 0.956. The van der Waals surface area contributed by atoms with E-state index >= 15 is 0 Å². The number of ether oxygens (including phenoxy) is 1. The number of nitriles is 1. The fourth-order valence-corrected chi connectivity index (χ4v) is 2.38. The van der Waals surface area contributed by atoms with Gasteiger partial charge in [-0.05, 0) is 19.1 Å². The van der Waals surface area contributed by atoms with Crippen LogP contribution in [0.4, 0.5) is 5.82 Å². The van der Waals surface area contributed by atoms with Crippen LogP contribution in [0.2, 0.25) is 0 Å². The van der Waals surface area contributed by atoms with Crippen molar-refractivity contribution in [2.45, 2.75) is 13.0 Å². The van der Waals surface area contributed by atoms with E-state index < -0.39 is 0 Å². The van der Waals surface area contributed by atoms with Gasteiger partial charge in [0.15, 0.2) is 0 Å². The summed E-state index contributed by atoms with van der Waals surface area (Å²) >= 11 is 0. The number of nitrogens with zero attached hydrogens (tertiary/aromatic N) is 4. The number of methoxy groups -OCH3 is 1. The van der Waals surface area contributed by atoms with Gasteiger partial charge in [-0.25, -0.2) is 4.98 Å². The van der Waals surface area contributed by atoms with Crippen LogP contribution >= 0.6 is 0 Å². The van der Waals surface area contributed by atoms with Gasteiger partial charge in [-0.15, -0.1) is 0 Å². The molecule has 0 bridgehead atoms. The molecule has 1 unspecified atom stereocenters. The maximum atomic E-state index is 8.78. The number of hydrogen-bond donors (Lipinski definition) is 0. The second-order valence-corrected chi connectivity index (χ2v) is 4.84. The van der Waals surface area contributed by atoms with Crippen LogP contribution < -0.4 is 4.90 Å². The fraction of sp³-hybridized carbons (Fsp3) is 0.571. The summed E-state index contributed by atoms with van der Waals surface area (Å²) < 4.78 is 5.13. The van der Waals surface area contributed by atoms with E-state index in [1.54, 1.807) is 13.3 Å². The van der Waals surface area contributed by atoms with Crippen molar-refractivity contribution in [2.24, 2.45) is 0 Å². The first-order chi connectivity index (χ1) is 9.24. The number of aromatic nitrogens is 1. The molecule has 0 saturated carbocycles. The Bertz CT molecular complexity index is 440. The van der Waals surface area contributed by atoms with Gasteiger partial charge >= 0.3 is 0 Å². The Hall–Kier alpha value is -1.64. The highest BCUT2D eigenvalue weighted by atomic mass is 16.5. The lowest BCUT2D eigenvalue weighted by molar-refractivity contribution is 0.117. The van der Waals surface area contributed by atoms with E-state index in [2.05, 4.69) is 27.8 Å². The van der Waals surface area contributed by atoms with E-state index in [1.165, 1.54) is 0 Å². The molecular formula is C14H20N4O. The highest BCUT2D eigenvalue weighted by molar-refractivity contribution is 5.42. The number of piperazine rings is 1. The van der Waals surface area contributed by atoms with Crippen molar-refractivity contribution in [3.63, 3.8) is 0 Å². The van der Waals surface area contributed by atoms with Gasteiger partial charge in [-0.1, -0.05) is 0 Å². The molecule has 0 aliphatic carbocycles. The Morgan fingerprint density at radius 1 is 1.47 bits per heavy atom. The predicted molar refractivity (Wildman–Crippen MR) is 74.1 cm³/mol. The van der Waals surface area contributed by atoms with Gasteiger partial charge in [0.1, 0.15) is 11.9 Å². The smallest absolute Gasteiger partial charge is 0.128 e. The van der Waals surface area contributed by atoms with Crippen LogP contribution in [0, 0.1) is 11.3 Å². The average molecular weight is 260 g/mol. The molecule has 0 N–H and O–H groups in total. The predicted octanol–water partition coefficient (Wildman–Crippen LogP) is 1.11. The molecule has 0 spiro atoms. The van der Waals surface area contributed by atoms with Crippen LogP contribution in [0.25, 0.3) is 0 Å². The van der Waals surface area contributed by atoms with Crippen molar-refractivity contribution in [3.8, 4) is 6.07 Å². The number of anilines is 1. The molecule has 1 aromatic heterocycles. The van der Waals surface area contributed by atoms with Crippen molar-refractivity contribution in [1.29, 1.82) is 5.26 Å². The lowest BCUT2D eigenvalue weighted by Crippen LogP contribution is -2.52. The zero-order chi connectivity index (χ0) is 13.7. The molecule has 5 heteroatoms. The van der Waals surface area contributed by atoms with Crippen LogP contribution in [0.5, 0.6) is 0 Å². The number of hydrogen-bond acceptors (Lipinski definition) is 5. The summed E-state index contributed by atoms with van der Waals surface area (Å²) in [6.07, 6.45) is 1.64. The summed E-state index contributed by atoms with van der Waals surface area (Å²) in [6.45, 7) is 6.93. The highest BCUT2D eigenvalue weighted by Gasteiger charge is 2.23. The van der Waals surface area contributed by atoms with Crippen LogP contribution in [0.15, 0.2) is 18.3 Å². The monoisotopic (exact) mass is 260 g/mol. The van der Waals surface area contributed by atoms with E-state index in [1.807, 2.05) is 12.1 Å². The molecule has 2 rings (SSSR count). The average Bonchev–Trinajstić information content (AvgIpc) is 2.46. The van der Waals surface area contributed by atoms with Crippen molar-refractivity contribution in [3.05, 3.63) is 23.9 Å². The number of pyridine rings is 1. The first-order valence-corrected chi connectivity index (χ1v) is 6.58. The first kappa shape index (κ1) is 13.8. The highest BCUT2D eigenvalue weighted by Crippen LogP contribution is 2.16. The third-order valence-electron chi connectivity index (χ3n) is 3.55. The van der Waals surface area contributed by atoms with Gasteiger partial charge in [0.05, 0.1) is 12.2 Å². The summed E-state index contributed by atoms with van der Waals surface area (Å²) in [5, 5.41) is 8.78. The van der Waals surface area contributed by atoms with E-state index in [4.69, 9.17) is 10.00 Å². The molecule has 1 aliphatic rings. The van der Waals surface area contributed by atoms with Crippen molar-refractivity contribution >= 4 is 5.82 Å². The maximum Gasteiger partial charge on any atom is 0.128 e. The Morgan fingerprint density at radius 3 is 2.89 bits per heavy atom. The van der Waals surface area contributed by atoms with Crippen molar-refractivity contribution in [1.82, 2.24) is 9.88 Å². The normalized spacial score (nSPS) is 20.3. The number of rotatable bonds is 4. The molecule has 19 heavy (non-hydrogen) atoms. The van der Waals surface area contributed by atoms with Gasteiger partial charge in [0.2, 0.25) is 0 Å². The molecule has 0 amide bonds. The third-order valence-corrected chi connectivity index (χ3v) is 3.55. The second-order valence-electron chi connectivity index (χ2n) is 4.84. The molecule has 1 fully saturated rings. The van der Waals surface area contributed by atoms with Crippen LogP contribution in [0.3, 0.4) is 0 Å². The van der Waals surface area contributed by atoms with Crippen LogP contribution in [-0.4, -0.2) is 55.8 Å². The van der Waals surface area contributed by atoms with Gasteiger partial charge in [0, 0.05) is 45.5 Å². The Morgan fingerprint density at radius 2 is 2.32 bits per heavy atom. The van der Waals surface area contributed by atoms with Crippen LogP contribution in [-0.2, 0) is 4.74 Å². The van der Waals surface area contributed by atoms with E-state index in [0.717, 1.165) is 38.6 Å². The summed E-state index contributed by atoms with van der Waals surface area (Å²) in [4.78, 5) is 9.06. The lowest BCUT2D eigenvalue weighted by Gasteiger charge is -2.40. The van der Waals surface area contributed by atoms with Crippen molar-refractivity contribution < 1.29 is 4.74 Å². The van der Waals surface area contributed by atoms with Gasteiger partial charge in [-0.3, -0.25) is 4.90 Å². The standard InChI is InChI=1S/C14H20N4O/c1-12-11-18(6-5-17(12)7-8-19-2)14-4-3-13(9-15)10-16-14/h3-4,10,12H,5-8,11H2,1-2H3. The van der Waals surface area contributed by atoms with Gasteiger partial charge in [0.25, 0.3) is 0 Å². The lowest BCUT2D eigenvalue weighted by atomic mass is 10.2. The molecule has 0 radical (unpaired) electrons. The Kier molecular flexibility index (Phi) is 4.72. The Balaban J connectivity index is 1.95. The third kappa shape index (κ3) is 3.43. The molecule has 2 heterocycles. The molecule has 1 aromatic rings. The quantitative estimate of drug-likeness (QED) is 0.811. The van der Waals surface area contributed by atoms with E-state index in [0.29, 0.717) is 11.6 Å². The largest absolute Gasteiger partial charge is 0.383 e. The fourth-order valence-electron chi connectivity index (χ4n) is 2.38. The zero-order valence-corrected chi connectivity index (χ0v) is 11.5. The molecule has 102 valence electrons. The maximum absolute atomic E-state index is 8.78. The van der Waals surface area contributed by atoms with Gasteiger partial charge < -0.3 is 9.64 Å². The zero-order valence-electron chi connectivity index (χ0n) is 11.5. The van der Waals surface area contributed by atoms with Crippen molar-refractivity contribution in [2.75, 3.05) is 44.8 Å². The Labute approximate surface area is 114 Å². The molecule has 0 aromatic carbocycles. The summed E-state index contributed by atoms with van der Waals surface area (Å²) in [5.41, 5.74) is 0.607. The topological polar surface area (TPSA) is 52.4 Å². The SMILES string of the molecule is COCCN1CCN(c2ccc(C#N)cn2)CC1C. The second kappa shape index (κ2) is 6.50. The molecule has 1 aliphatic heterocycles. The summed E-state index contributed by atoms with van der Waals surface area (Å²) in [7, 11) is 1.74. The van der Waals surface area contributed by atoms with Gasteiger partial charge in [-0.2, -0.15) is 5.26 Å². The van der Waals surface area contributed by atoms with E-state index in [9.17, 15) is 0 Å². The van der Waals surface area contributed by atoms with E-state index in [-0.39, 0.29) is 0 Å². The minimum Gasteiger partial charge on any atom is -0.383 e. The molecular weight excluding hydrogens is 240 g/mol. The van der Waals surface area contributed by atoms with Crippen LogP contribution in [0.1, 0.15) is 12.5 Å². The first-order valence-electron chi connectivity index (χ1n) is 6.58.